The Morgan fingerprint density at radius 3 is 2.89 bits per heavy atom. The largest absolute Gasteiger partial charge is 0.507 e. The maximum Gasteiger partial charge on any atom is 0.278 e. The molecule has 0 bridgehead atoms. The molecule has 1 aliphatic rings. The van der Waals surface area contributed by atoms with Gasteiger partial charge in [-0.25, -0.2) is 4.98 Å². The number of phenols is 1. The van der Waals surface area contributed by atoms with Gasteiger partial charge in [0.1, 0.15) is 23.0 Å². The minimum Gasteiger partial charge on any atom is -0.507 e. The smallest absolute Gasteiger partial charge is 0.278 e. The van der Waals surface area contributed by atoms with E-state index >= 15 is 0 Å². The Hall–Kier alpha value is -4.64. The number of methoxy groups -OCH3 is 1. The zero-order chi connectivity index (χ0) is 25.7. The molecule has 4 N–H and O–H groups in total. The number of aromatic amines is 2. The Balaban J connectivity index is 1.36. The summed E-state index contributed by atoms with van der Waals surface area (Å²) in [4.78, 5) is 34.9. The average Bonchev–Trinajstić information content (AvgIpc) is 3.66. The van der Waals surface area contributed by atoms with Crippen LogP contribution in [0.3, 0.4) is 0 Å². The second-order valence-corrected chi connectivity index (χ2v) is 8.94. The molecule has 5 aromatic rings. The highest BCUT2D eigenvalue weighted by atomic mass is 35.5. The normalized spacial score (nSPS) is 14.8. The molecule has 11 nitrogen and oxygen atoms in total. The molecule has 0 saturated heterocycles. The number of aromatic nitrogens is 5. The summed E-state index contributed by atoms with van der Waals surface area (Å²) in [6.07, 6.45) is 2.84. The van der Waals surface area contributed by atoms with E-state index in [1.165, 1.54) is 12.4 Å². The Labute approximate surface area is 214 Å². The number of rotatable bonds is 5. The molecule has 1 atom stereocenters. The number of carbonyl (C=O) groups is 2. The van der Waals surface area contributed by atoms with Crippen LogP contribution in [0.2, 0.25) is 0 Å². The van der Waals surface area contributed by atoms with Crippen molar-refractivity contribution in [2.24, 2.45) is 0 Å². The van der Waals surface area contributed by atoms with Crippen LogP contribution in [0, 0.1) is 0 Å². The van der Waals surface area contributed by atoms with E-state index in [0.29, 0.717) is 51.7 Å². The van der Waals surface area contributed by atoms with Crippen molar-refractivity contribution in [3.8, 4) is 11.5 Å². The monoisotopic (exact) mass is 517 g/mol. The van der Waals surface area contributed by atoms with Gasteiger partial charge in [-0.1, -0.05) is 12.1 Å². The van der Waals surface area contributed by atoms with E-state index in [0.717, 1.165) is 10.9 Å². The maximum atomic E-state index is 13.7. The number of hydrogen-bond donors (Lipinski definition) is 4. The molecule has 0 aliphatic carbocycles. The van der Waals surface area contributed by atoms with Crippen LogP contribution in [0.25, 0.3) is 21.7 Å². The minimum absolute atomic E-state index is 0.0500. The minimum atomic E-state index is -0.462. The molecule has 6 rings (SSSR count). The number of pyridine rings is 1. The summed E-state index contributed by atoms with van der Waals surface area (Å²) in [7, 11) is 1.57. The predicted octanol–water partition coefficient (Wildman–Crippen LogP) is 3.78. The number of nitrogens with zero attached hydrogens (tertiary/aromatic N) is 4. The summed E-state index contributed by atoms with van der Waals surface area (Å²) >= 11 is 6.35. The summed E-state index contributed by atoms with van der Waals surface area (Å²) in [5, 5.41) is 25.3. The van der Waals surface area contributed by atoms with Gasteiger partial charge in [0, 0.05) is 40.6 Å². The summed E-state index contributed by atoms with van der Waals surface area (Å²) in [5.74, 6) is 0.350. The number of fused-ring (bicyclic) bond motifs is 4. The molecule has 37 heavy (non-hydrogen) atoms. The van der Waals surface area contributed by atoms with E-state index in [9.17, 15) is 14.7 Å². The van der Waals surface area contributed by atoms with Crippen molar-refractivity contribution in [1.29, 1.82) is 0 Å². The van der Waals surface area contributed by atoms with Crippen LogP contribution in [-0.2, 0) is 0 Å². The zero-order valence-corrected chi connectivity index (χ0v) is 20.2. The highest BCUT2D eigenvalue weighted by Crippen LogP contribution is 2.48. The quantitative estimate of drug-likeness (QED) is 0.259. The molecule has 12 heteroatoms. The third-order valence-corrected chi connectivity index (χ3v) is 6.87. The molecule has 0 radical (unpaired) electrons. The van der Waals surface area contributed by atoms with Crippen LogP contribution in [-0.4, -0.2) is 61.8 Å². The van der Waals surface area contributed by atoms with E-state index in [1.807, 2.05) is 18.2 Å². The van der Waals surface area contributed by atoms with Crippen molar-refractivity contribution in [2.45, 2.75) is 5.92 Å². The first-order valence-electron chi connectivity index (χ1n) is 11.3. The van der Waals surface area contributed by atoms with E-state index in [1.54, 1.807) is 30.2 Å². The second kappa shape index (κ2) is 8.79. The number of ether oxygens (including phenoxy) is 1. The van der Waals surface area contributed by atoms with Gasteiger partial charge in [-0.3, -0.25) is 9.59 Å². The second-order valence-electron chi connectivity index (χ2n) is 8.63. The first-order chi connectivity index (χ1) is 18.0. The number of amides is 2. The maximum absolute atomic E-state index is 13.7. The van der Waals surface area contributed by atoms with Crippen LogP contribution in [0.5, 0.6) is 11.5 Å². The predicted molar refractivity (Wildman–Crippen MR) is 138 cm³/mol. The van der Waals surface area contributed by atoms with Gasteiger partial charge in [-0.2, -0.15) is 15.4 Å². The van der Waals surface area contributed by atoms with E-state index in [2.05, 4.69) is 30.7 Å². The fourth-order valence-electron chi connectivity index (χ4n) is 4.82. The number of benzene rings is 2. The van der Waals surface area contributed by atoms with Crippen molar-refractivity contribution in [3.05, 3.63) is 65.7 Å². The number of aromatic hydroxyl groups is 1. The SMILES string of the molecule is COc1cccc2c(O)cc3c(c12)C(CCl)CN3C(=O)c1cc2cc(NC(=O)c3cn[nH]n3)ncc2[nH]1. The van der Waals surface area contributed by atoms with Crippen LogP contribution in [0.4, 0.5) is 11.5 Å². The molecule has 2 aromatic carbocycles. The molecule has 0 fully saturated rings. The van der Waals surface area contributed by atoms with Crippen molar-refractivity contribution < 1.29 is 19.4 Å². The Bertz CT molecular complexity index is 1680. The Morgan fingerprint density at radius 2 is 2.14 bits per heavy atom. The van der Waals surface area contributed by atoms with E-state index in [4.69, 9.17) is 16.3 Å². The van der Waals surface area contributed by atoms with Gasteiger partial charge < -0.3 is 25.0 Å². The van der Waals surface area contributed by atoms with Crippen molar-refractivity contribution in [2.75, 3.05) is 29.8 Å². The Kier molecular flexibility index (Phi) is 5.41. The first-order valence-corrected chi connectivity index (χ1v) is 11.9. The van der Waals surface area contributed by atoms with Crippen molar-refractivity contribution in [3.63, 3.8) is 0 Å². The van der Waals surface area contributed by atoms with Gasteiger partial charge in [-0.15, -0.1) is 11.6 Å². The van der Waals surface area contributed by atoms with Gasteiger partial charge >= 0.3 is 0 Å². The lowest BCUT2D eigenvalue weighted by Gasteiger charge is -2.18. The van der Waals surface area contributed by atoms with Gasteiger partial charge in [-0.05, 0) is 23.8 Å². The molecular formula is C25H20ClN7O4. The molecule has 4 heterocycles. The molecule has 0 saturated carbocycles. The summed E-state index contributed by atoms with van der Waals surface area (Å²) in [6.45, 7) is 0.348. The highest BCUT2D eigenvalue weighted by molar-refractivity contribution is 6.19. The number of halogens is 1. The molecule has 1 unspecified atom stereocenters. The number of H-pyrrole nitrogens is 2. The standard InChI is InChI=1S/C25H20ClN7O4/c1-37-20-4-2-3-14-19(34)7-18-22(23(14)20)13(8-26)11-33(18)25(36)15-5-12-6-21(27-9-16(12)29-15)30-24(35)17-10-28-32-31-17/h2-7,9-10,13,29,34H,8,11H2,1H3,(H,27,30,35)(H,28,31,32). The first kappa shape index (κ1) is 22.8. The molecule has 1 aliphatic heterocycles. The van der Waals surface area contributed by atoms with Crippen LogP contribution in [0.1, 0.15) is 32.5 Å². The summed E-state index contributed by atoms with van der Waals surface area (Å²) in [6, 6.07) is 10.4. The molecule has 186 valence electrons. The lowest BCUT2D eigenvalue weighted by Crippen LogP contribution is -2.30. The topological polar surface area (TPSA) is 149 Å². The fourth-order valence-corrected chi connectivity index (χ4v) is 5.07. The van der Waals surface area contributed by atoms with Crippen molar-refractivity contribution in [1.82, 2.24) is 25.4 Å². The zero-order valence-electron chi connectivity index (χ0n) is 19.4. The number of anilines is 2. The lowest BCUT2D eigenvalue weighted by atomic mass is 9.94. The third-order valence-electron chi connectivity index (χ3n) is 6.50. The van der Waals surface area contributed by atoms with Crippen LogP contribution < -0.4 is 15.0 Å². The van der Waals surface area contributed by atoms with Gasteiger partial charge in [0.2, 0.25) is 0 Å². The average molecular weight is 518 g/mol. The van der Waals surface area contributed by atoms with E-state index < -0.39 is 5.91 Å². The number of nitrogens with one attached hydrogen (secondary N) is 3. The van der Waals surface area contributed by atoms with Crippen LogP contribution in [0.15, 0.2) is 48.8 Å². The third kappa shape index (κ3) is 3.71. The number of phenolic OH excluding ortho intramolecular Hbond substituents is 1. The lowest BCUT2D eigenvalue weighted by molar-refractivity contribution is 0.0982. The van der Waals surface area contributed by atoms with Gasteiger partial charge in [0.05, 0.1) is 30.7 Å². The molecule has 0 spiro atoms. The number of carbonyl (C=O) groups excluding carboxylic acids is 2. The summed E-state index contributed by atoms with van der Waals surface area (Å²) in [5.41, 5.74) is 2.53. The van der Waals surface area contributed by atoms with Crippen LogP contribution >= 0.6 is 11.6 Å². The van der Waals surface area contributed by atoms with E-state index in [-0.39, 0.29) is 23.3 Å². The Morgan fingerprint density at radius 1 is 1.27 bits per heavy atom. The number of alkyl halides is 1. The number of hydrogen-bond acceptors (Lipinski definition) is 7. The van der Waals surface area contributed by atoms with Crippen molar-refractivity contribution >= 4 is 56.6 Å². The summed E-state index contributed by atoms with van der Waals surface area (Å²) < 4.78 is 5.57. The van der Waals surface area contributed by atoms with Gasteiger partial charge in [0.25, 0.3) is 11.8 Å². The molecule has 2 amide bonds. The van der Waals surface area contributed by atoms with Gasteiger partial charge in [0.15, 0.2) is 5.69 Å². The molecule has 3 aromatic heterocycles. The fraction of sp³-hybridized carbons (Fsp3) is 0.160. The highest BCUT2D eigenvalue weighted by Gasteiger charge is 2.36. The molecular weight excluding hydrogens is 498 g/mol.